The number of amides is 1. The third-order valence-electron chi connectivity index (χ3n) is 3.89. The predicted octanol–water partition coefficient (Wildman–Crippen LogP) is 3.19. The molecule has 0 aliphatic rings. The van der Waals surface area contributed by atoms with E-state index in [1.54, 1.807) is 12.1 Å². The zero-order valence-electron chi connectivity index (χ0n) is 16.1. The van der Waals surface area contributed by atoms with E-state index in [9.17, 15) is 14.4 Å². The molecule has 0 fully saturated rings. The Kier molecular flexibility index (Phi) is 7.56. The van der Waals surface area contributed by atoms with Crippen molar-refractivity contribution < 1.29 is 28.6 Å². The van der Waals surface area contributed by atoms with Gasteiger partial charge in [-0.05, 0) is 41.8 Å². The van der Waals surface area contributed by atoms with Crippen molar-refractivity contribution in [1.29, 1.82) is 0 Å². The second kappa shape index (κ2) is 10.1. The summed E-state index contributed by atoms with van der Waals surface area (Å²) in [4.78, 5) is 34.5. The molecule has 0 aliphatic heterocycles. The van der Waals surface area contributed by atoms with Crippen LogP contribution in [0, 0.1) is 0 Å². The van der Waals surface area contributed by atoms with E-state index in [0.717, 1.165) is 5.56 Å². The van der Waals surface area contributed by atoms with Gasteiger partial charge in [0.1, 0.15) is 6.29 Å². The molecule has 0 saturated heterocycles. The molecule has 0 spiro atoms. The van der Waals surface area contributed by atoms with E-state index < -0.39 is 25.1 Å². The SMILES string of the molecule is COc1cc(C=O)ccc1OCC(=O)OCC(=O)Nc1ccc(C(C)C)cc1. The number of carbonyl (C=O) groups excluding carboxylic acids is 3. The van der Waals surface area contributed by atoms with E-state index in [4.69, 9.17) is 14.2 Å². The van der Waals surface area contributed by atoms with Crippen LogP contribution in [0.1, 0.15) is 35.7 Å². The minimum absolute atomic E-state index is 0.291. The van der Waals surface area contributed by atoms with E-state index in [1.165, 1.54) is 25.3 Å². The minimum atomic E-state index is -0.702. The predicted molar refractivity (Wildman–Crippen MR) is 104 cm³/mol. The molecular formula is C21H23NO6. The highest BCUT2D eigenvalue weighted by molar-refractivity contribution is 5.92. The van der Waals surface area contributed by atoms with Crippen molar-refractivity contribution in [2.75, 3.05) is 25.6 Å². The molecule has 0 saturated carbocycles. The van der Waals surface area contributed by atoms with Crippen LogP contribution in [-0.2, 0) is 14.3 Å². The average Bonchev–Trinajstić information content (AvgIpc) is 2.70. The minimum Gasteiger partial charge on any atom is -0.493 e. The van der Waals surface area contributed by atoms with Crippen molar-refractivity contribution in [2.24, 2.45) is 0 Å². The van der Waals surface area contributed by atoms with Crippen LogP contribution in [0.15, 0.2) is 42.5 Å². The number of ether oxygens (including phenoxy) is 3. The summed E-state index contributed by atoms with van der Waals surface area (Å²) in [6.45, 7) is 3.35. The molecule has 7 nitrogen and oxygen atoms in total. The van der Waals surface area contributed by atoms with Gasteiger partial charge in [-0.1, -0.05) is 26.0 Å². The zero-order valence-corrected chi connectivity index (χ0v) is 16.1. The number of carbonyl (C=O) groups is 3. The van der Waals surface area contributed by atoms with Crippen molar-refractivity contribution in [3.8, 4) is 11.5 Å². The summed E-state index contributed by atoms with van der Waals surface area (Å²) in [6.07, 6.45) is 0.676. The first kappa shape index (κ1) is 21.0. The molecule has 148 valence electrons. The number of aldehydes is 1. The molecule has 0 atom stereocenters. The van der Waals surface area contributed by atoms with Gasteiger partial charge in [0.05, 0.1) is 7.11 Å². The van der Waals surface area contributed by atoms with E-state index in [-0.39, 0.29) is 0 Å². The number of benzene rings is 2. The quantitative estimate of drug-likeness (QED) is 0.527. The van der Waals surface area contributed by atoms with E-state index in [1.807, 2.05) is 12.1 Å². The molecule has 28 heavy (non-hydrogen) atoms. The Morgan fingerprint density at radius 2 is 1.75 bits per heavy atom. The lowest BCUT2D eigenvalue weighted by Crippen LogP contribution is -2.23. The van der Waals surface area contributed by atoms with Gasteiger partial charge < -0.3 is 19.5 Å². The van der Waals surface area contributed by atoms with Gasteiger partial charge in [0.15, 0.2) is 24.7 Å². The Morgan fingerprint density at radius 3 is 2.36 bits per heavy atom. The van der Waals surface area contributed by atoms with Gasteiger partial charge in [0, 0.05) is 11.3 Å². The van der Waals surface area contributed by atoms with Crippen LogP contribution in [0.4, 0.5) is 5.69 Å². The monoisotopic (exact) mass is 385 g/mol. The van der Waals surface area contributed by atoms with Crippen molar-refractivity contribution >= 4 is 23.9 Å². The first-order valence-corrected chi connectivity index (χ1v) is 8.74. The molecule has 0 bridgehead atoms. The van der Waals surface area contributed by atoms with Crippen LogP contribution in [0.25, 0.3) is 0 Å². The molecule has 2 aromatic carbocycles. The van der Waals surface area contributed by atoms with Crippen LogP contribution < -0.4 is 14.8 Å². The molecule has 1 N–H and O–H groups in total. The fourth-order valence-electron chi connectivity index (χ4n) is 2.35. The third kappa shape index (κ3) is 6.12. The highest BCUT2D eigenvalue weighted by Crippen LogP contribution is 2.27. The van der Waals surface area contributed by atoms with Crippen molar-refractivity contribution in [3.05, 3.63) is 53.6 Å². The van der Waals surface area contributed by atoms with Crippen LogP contribution in [0.3, 0.4) is 0 Å². The lowest BCUT2D eigenvalue weighted by molar-refractivity contribution is -0.149. The lowest BCUT2D eigenvalue weighted by Gasteiger charge is -2.11. The lowest BCUT2D eigenvalue weighted by atomic mass is 10.0. The Labute approximate surface area is 163 Å². The Bertz CT molecular complexity index is 829. The van der Waals surface area contributed by atoms with Crippen molar-refractivity contribution in [3.63, 3.8) is 0 Å². The fourth-order valence-corrected chi connectivity index (χ4v) is 2.35. The number of anilines is 1. The Hall–Kier alpha value is -3.35. The average molecular weight is 385 g/mol. The van der Waals surface area contributed by atoms with Gasteiger partial charge in [-0.2, -0.15) is 0 Å². The summed E-state index contributed by atoms with van der Waals surface area (Å²) in [7, 11) is 1.42. The summed E-state index contributed by atoms with van der Waals surface area (Å²) in [5.74, 6) is -0.135. The first-order valence-electron chi connectivity index (χ1n) is 8.74. The van der Waals surface area contributed by atoms with Gasteiger partial charge in [0.25, 0.3) is 5.91 Å². The molecule has 7 heteroatoms. The molecule has 1 amide bonds. The van der Waals surface area contributed by atoms with E-state index in [0.29, 0.717) is 35.0 Å². The van der Waals surface area contributed by atoms with Crippen LogP contribution in [-0.4, -0.2) is 38.5 Å². The summed E-state index contributed by atoms with van der Waals surface area (Å²) in [5.41, 5.74) is 2.21. The highest BCUT2D eigenvalue weighted by atomic mass is 16.6. The molecule has 2 rings (SSSR count). The molecular weight excluding hydrogens is 362 g/mol. The number of nitrogens with one attached hydrogen (secondary N) is 1. The van der Waals surface area contributed by atoms with Gasteiger partial charge in [-0.15, -0.1) is 0 Å². The molecule has 0 aliphatic carbocycles. The standard InChI is InChI=1S/C21H23NO6/c1-14(2)16-5-7-17(8-6-16)22-20(24)12-28-21(25)13-27-18-9-4-15(11-23)10-19(18)26-3/h4-11,14H,12-13H2,1-3H3,(H,22,24). The number of esters is 1. The summed E-state index contributed by atoms with van der Waals surface area (Å²) in [6, 6.07) is 12.0. The summed E-state index contributed by atoms with van der Waals surface area (Å²) < 4.78 is 15.3. The zero-order chi connectivity index (χ0) is 20.5. The van der Waals surface area contributed by atoms with E-state index in [2.05, 4.69) is 19.2 Å². The fraction of sp³-hybridized carbons (Fsp3) is 0.286. The van der Waals surface area contributed by atoms with Crippen LogP contribution in [0.2, 0.25) is 0 Å². The van der Waals surface area contributed by atoms with Crippen LogP contribution >= 0.6 is 0 Å². The van der Waals surface area contributed by atoms with Gasteiger partial charge in [-0.3, -0.25) is 9.59 Å². The van der Waals surface area contributed by atoms with Gasteiger partial charge >= 0.3 is 5.97 Å². The number of methoxy groups -OCH3 is 1. The smallest absolute Gasteiger partial charge is 0.344 e. The topological polar surface area (TPSA) is 90.9 Å². The number of rotatable bonds is 9. The molecule has 0 heterocycles. The highest BCUT2D eigenvalue weighted by Gasteiger charge is 2.12. The van der Waals surface area contributed by atoms with Gasteiger partial charge in [-0.25, -0.2) is 4.79 Å². The number of hydrogen-bond acceptors (Lipinski definition) is 6. The Morgan fingerprint density at radius 1 is 1.04 bits per heavy atom. The van der Waals surface area contributed by atoms with E-state index >= 15 is 0 Å². The molecule has 0 radical (unpaired) electrons. The number of hydrogen-bond donors (Lipinski definition) is 1. The normalized spacial score (nSPS) is 10.3. The van der Waals surface area contributed by atoms with Crippen molar-refractivity contribution in [2.45, 2.75) is 19.8 Å². The maximum Gasteiger partial charge on any atom is 0.344 e. The maximum atomic E-state index is 11.9. The van der Waals surface area contributed by atoms with Crippen LogP contribution in [0.5, 0.6) is 11.5 Å². The first-order chi connectivity index (χ1) is 13.4. The third-order valence-corrected chi connectivity index (χ3v) is 3.89. The summed E-state index contributed by atoms with van der Waals surface area (Å²) in [5, 5.41) is 2.66. The largest absolute Gasteiger partial charge is 0.493 e. The Balaban J connectivity index is 1.79. The second-order valence-corrected chi connectivity index (χ2v) is 6.30. The second-order valence-electron chi connectivity index (χ2n) is 6.30. The molecule has 0 unspecified atom stereocenters. The molecule has 2 aromatic rings. The summed E-state index contributed by atoms with van der Waals surface area (Å²) >= 11 is 0. The van der Waals surface area contributed by atoms with Gasteiger partial charge in [0.2, 0.25) is 0 Å². The molecule has 0 aromatic heterocycles. The van der Waals surface area contributed by atoms with Crippen molar-refractivity contribution in [1.82, 2.24) is 0 Å². The maximum absolute atomic E-state index is 11.9.